The number of anilines is 3. The van der Waals surface area contributed by atoms with Crippen LogP contribution in [0.1, 0.15) is 12.0 Å². The van der Waals surface area contributed by atoms with E-state index in [-0.39, 0.29) is 16.5 Å². The first-order valence-corrected chi connectivity index (χ1v) is 12.9. The maximum absolute atomic E-state index is 13.6. The minimum absolute atomic E-state index is 0.0105. The highest BCUT2D eigenvalue weighted by Crippen LogP contribution is 2.39. The van der Waals surface area contributed by atoms with Gasteiger partial charge >= 0.3 is 6.18 Å². The second kappa shape index (κ2) is 8.53. The van der Waals surface area contributed by atoms with Crippen LogP contribution in [0.2, 0.25) is 5.02 Å². The van der Waals surface area contributed by atoms with Gasteiger partial charge < -0.3 is 15.5 Å². The molecular formula is C21H19ClF3N5OS2. The third kappa shape index (κ3) is 4.59. The summed E-state index contributed by atoms with van der Waals surface area (Å²) in [6.45, 7) is 1.83. The number of piperidine rings is 1. The zero-order valence-corrected chi connectivity index (χ0v) is 19.7. The van der Waals surface area contributed by atoms with Crippen molar-refractivity contribution in [1.29, 1.82) is 0 Å². The van der Waals surface area contributed by atoms with Gasteiger partial charge in [0.1, 0.15) is 5.56 Å². The summed E-state index contributed by atoms with van der Waals surface area (Å²) < 4.78 is 52.5. The van der Waals surface area contributed by atoms with Crippen LogP contribution in [0.3, 0.4) is 0 Å². The highest BCUT2D eigenvalue weighted by atomic mass is 35.5. The van der Waals surface area contributed by atoms with Gasteiger partial charge in [-0.15, -0.1) is 11.3 Å². The van der Waals surface area contributed by atoms with Crippen LogP contribution in [0.4, 0.5) is 30.5 Å². The largest absolute Gasteiger partial charge is 0.420 e. The molecule has 1 aromatic carbocycles. The van der Waals surface area contributed by atoms with E-state index in [1.54, 1.807) is 11.4 Å². The average molecular weight is 514 g/mol. The maximum Gasteiger partial charge on any atom is 0.420 e. The van der Waals surface area contributed by atoms with E-state index in [0.717, 1.165) is 36.3 Å². The van der Waals surface area contributed by atoms with Crippen molar-refractivity contribution in [3.8, 4) is 10.6 Å². The maximum atomic E-state index is 13.6. The molecule has 6 nitrogen and oxygen atoms in total. The fraction of sp³-hybridized carbons (Fsp3) is 0.333. The first-order chi connectivity index (χ1) is 15.7. The van der Waals surface area contributed by atoms with Crippen LogP contribution in [0, 0.1) is 0 Å². The zero-order valence-electron chi connectivity index (χ0n) is 17.3. The molecule has 174 valence electrons. The van der Waals surface area contributed by atoms with Crippen molar-refractivity contribution < 1.29 is 17.4 Å². The molecule has 3 aromatic rings. The van der Waals surface area contributed by atoms with Crippen molar-refractivity contribution in [3.05, 3.63) is 46.4 Å². The van der Waals surface area contributed by atoms with Gasteiger partial charge in [-0.05, 0) is 30.7 Å². The standard InChI is InChI=1S/C21H19ClF3N5OS2/c1-33(31)14-6-18(32-10-14)19-15(21(23,24)25)7-26-20(29-19)28-17-3-2-13(5-16(17)22)30-8-11-4-12(9-30)27-11/h2-3,5-7,10-12,27H,4,8-9H2,1H3,(H,26,28,29). The van der Waals surface area contributed by atoms with Crippen LogP contribution in [-0.4, -0.2) is 45.6 Å². The summed E-state index contributed by atoms with van der Waals surface area (Å²) in [5.74, 6) is -0.0105. The van der Waals surface area contributed by atoms with Crippen LogP contribution < -0.4 is 15.5 Å². The molecule has 2 N–H and O–H groups in total. The van der Waals surface area contributed by atoms with Crippen LogP contribution in [0.15, 0.2) is 40.7 Å². The number of halogens is 4. The van der Waals surface area contributed by atoms with Gasteiger partial charge in [-0.1, -0.05) is 11.6 Å². The predicted molar refractivity (Wildman–Crippen MR) is 125 cm³/mol. The molecule has 2 bridgehead atoms. The van der Waals surface area contributed by atoms with Gasteiger partial charge in [-0.25, -0.2) is 9.97 Å². The number of fused-ring (bicyclic) bond motifs is 2. The number of hydrogen-bond acceptors (Lipinski definition) is 7. The summed E-state index contributed by atoms with van der Waals surface area (Å²) in [5, 5.41) is 8.40. The van der Waals surface area contributed by atoms with Gasteiger partial charge in [0, 0.05) is 53.6 Å². The number of piperazine rings is 1. The Morgan fingerprint density at radius 3 is 2.61 bits per heavy atom. The number of aromatic nitrogens is 2. The summed E-state index contributed by atoms with van der Waals surface area (Å²) in [4.78, 5) is 11.0. The number of nitrogens with one attached hydrogen (secondary N) is 2. The highest BCUT2D eigenvalue weighted by Gasteiger charge is 2.37. The van der Waals surface area contributed by atoms with Gasteiger partial charge in [-0.2, -0.15) is 13.2 Å². The summed E-state index contributed by atoms with van der Waals surface area (Å²) in [7, 11) is -1.31. The van der Waals surface area contributed by atoms with Gasteiger partial charge in [0.15, 0.2) is 0 Å². The number of benzene rings is 1. The lowest BCUT2D eigenvalue weighted by Crippen LogP contribution is -2.67. The van der Waals surface area contributed by atoms with Gasteiger partial charge in [0.2, 0.25) is 5.95 Å². The van der Waals surface area contributed by atoms with E-state index >= 15 is 0 Å². The molecule has 0 saturated carbocycles. The molecule has 2 aromatic heterocycles. The topological polar surface area (TPSA) is 70.2 Å². The Morgan fingerprint density at radius 1 is 1.27 bits per heavy atom. The van der Waals surface area contributed by atoms with E-state index in [4.69, 9.17) is 11.6 Å². The summed E-state index contributed by atoms with van der Waals surface area (Å²) >= 11 is 7.53. The Hall–Kier alpha value is -2.21. The van der Waals surface area contributed by atoms with E-state index in [0.29, 0.717) is 27.7 Å². The number of alkyl halides is 3. The smallest absolute Gasteiger partial charge is 0.368 e. The third-order valence-corrected chi connectivity index (χ3v) is 8.02. The quantitative estimate of drug-likeness (QED) is 0.505. The van der Waals surface area contributed by atoms with E-state index in [1.807, 2.05) is 12.1 Å². The number of thiophene rings is 1. The Balaban J connectivity index is 1.43. The van der Waals surface area contributed by atoms with E-state index in [1.165, 1.54) is 18.7 Å². The van der Waals surface area contributed by atoms with Crippen molar-refractivity contribution in [2.45, 2.75) is 29.6 Å². The molecule has 3 atom stereocenters. The second-order valence-electron chi connectivity index (χ2n) is 8.04. The van der Waals surface area contributed by atoms with Crippen molar-refractivity contribution in [3.63, 3.8) is 0 Å². The normalized spacial score (nSPS) is 20.9. The molecule has 3 unspecified atom stereocenters. The molecule has 0 spiro atoms. The fourth-order valence-corrected chi connectivity index (χ4v) is 6.12. The Labute approximate surface area is 199 Å². The number of nitrogens with zero attached hydrogens (tertiary/aromatic N) is 3. The second-order valence-corrected chi connectivity index (χ2v) is 10.7. The highest BCUT2D eigenvalue weighted by molar-refractivity contribution is 7.84. The molecule has 0 amide bonds. The summed E-state index contributed by atoms with van der Waals surface area (Å²) in [6, 6.07) is 8.00. The van der Waals surface area contributed by atoms with Crippen molar-refractivity contribution >= 4 is 51.1 Å². The Kier molecular flexibility index (Phi) is 5.84. The molecule has 3 fully saturated rings. The first kappa shape index (κ1) is 22.6. The van der Waals surface area contributed by atoms with Crippen molar-refractivity contribution in [2.24, 2.45) is 0 Å². The minimum atomic E-state index is -4.63. The first-order valence-electron chi connectivity index (χ1n) is 10.1. The third-order valence-electron chi connectivity index (χ3n) is 5.72. The SMILES string of the molecule is CS(=O)c1csc(-c2nc(Nc3ccc(N4CC5CC(C4)N5)cc3Cl)ncc2C(F)(F)F)c1. The molecule has 12 heteroatoms. The molecule has 33 heavy (non-hydrogen) atoms. The molecule has 0 aliphatic carbocycles. The molecule has 0 radical (unpaired) electrons. The Morgan fingerprint density at radius 2 is 2.00 bits per heavy atom. The predicted octanol–water partition coefficient (Wildman–Crippen LogP) is 4.91. The molecule has 3 aliphatic rings. The molecule has 3 saturated heterocycles. The molecule has 3 aliphatic heterocycles. The molecule has 6 rings (SSSR count). The van der Waals surface area contributed by atoms with Gasteiger partial charge in [0.25, 0.3) is 0 Å². The molecular weight excluding hydrogens is 495 g/mol. The van der Waals surface area contributed by atoms with Gasteiger partial charge in [0.05, 0.1) is 32.1 Å². The number of hydrogen-bond donors (Lipinski definition) is 2. The Bertz CT molecular complexity index is 1220. The lowest BCUT2D eigenvalue weighted by Gasteiger charge is -2.49. The van der Waals surface area contributed by atoms with Crippen LogP contribution in [0.25, 0.3) is 10.6 Å². The molecule has 5 heterocycles. The summed E-state index contributed by atoms with van der Waals surface area (Å²) in [5.41, 5.74) is 0.263. The van der Waals surface area contributed by atoms with Gasteiger partial charge in [-0.3, -0.25) is 4.21 Å². The van der Waals surface area contributed by atoms with Crippen LogP contribution in [0.5, 0.6) is 0 Å². The number of rotatable bonds is 5. The van der Waals surface area contributed by atoms with Crippen LogP contribution in [-0.2, 0) is 17.0 Å². The van der Waals surface area contributed by atoms with Crippen LogP contribution >= 0.6 is 22.9 Å². The van der Waals surface area contributed by atoms with Crippen molar-refractivity contribution in [2.75, 3.05) is 29.6 Å². The lowest BCUT2D eigenvalue weighted by molar-refractivity contribution is -0.137. The van der Waals surface area contributed by atoms with E-state index in [2.05, 4.69) is 25.5 Å². The lowest BCUT2D eigenvalue weighted by atomic mass is 9.91. The van der Waals surface area contributed by atoms with E-state index in [9.17, 15) is 17.4 Å². The zero-order chi connectivity index (χ0) is 23.3. The minimum Gasteiger partial charge on any atom is -0.368 e. The fourth-order valence-electron chi connectivity index (χ4n) is 4.08. The van der Waals surface area contributed by atoms with E-state index < -0.39 is 22.5 Å². The average Bonchev–Trinajstić information content (AvgIpc) is 3.25. The summed E-state index contributed by atoms with van der Waals surface area (Å²) in [6.07, 6.45) is -1.22. The monoisotopic (exact) mass is 513 g/mol. The van der Waals surface area contributed by atoms with Crippen molar-refractivity contribution in [1.82, 2.24) is 15.3 Å².